The zero-order valence-electron chi connectivity index (χ0n) is 20.2. The van der Waals surface area contributed by atoms with Crippen LogP contribution in [0.2, 0.25) is 5.02 Å². The number of rotatable bonds is 12. The molecule has 0 saturated carbocycles. The van der Waals surface area contributed by atoms with Crippen molar-refractivity contribution >= 4 is 39.1 Å². The summed E-state index contributed by atoms with van der Waals surface area (Å²) in [7, 11) is -3.50. The van der Waals surface area contributed by atoms with Gasteiger partial charge in [-0.2, -0.15) is 0 Å². The standard InChI is InChI=1S/C25H34ClN3O4S/c1-19(2)17-27-25(31)20(3)28(18-21-12-14-22(26)15-13-21)24(30)11-8-16-29(34(4,32)33)23-9-6-5-7-10-23/h5-7,9-10,12-15,19-20H,8,11,16-18H2,1-4H3,(H,27,31)/t20-/m1/s1. The van der Waals surface area contributed by atoms with Gasteiger partial charge in [-0.05, 0) is 49.1 Å². The highest BCUT2D eigenvalue weighted by molar-refractivity contribution is 7.92. The Morgan fingerprint density at radius 1 is 1.00 bits per heavy atom. The maximum atomic E-state index is 13.2. The molecular weight excluding hydrogens is 474 g/mol. The Labute approximate surface area is 208 Å². The first kappa shape index (κ1) is 27.7. The predicted molar refractivity (Wildman–Crippen MR) is 137 cm³/mol. The summed E-state index contributed by atoms with van der Waals surface area (Å²) >= 11 is 5.98. The maximum Gasteiger partial charge on any atom is 0.242 e. The van der Waals surface area contributed by atoms with Crippen LogP contribution in [0.3, 0.4) is 0 Å². The molecule has 0 aliphatic heterocycles. The lowest BCUT2D eigenvalue weighted by Gasteiger charge is -2.29. The van der Waals surface area contributed by atoms with Crippen molar-refractivity contribution in [2.24, 2.45) is 5.92 Å². The van der Waals surface area contributed by atoms with E-state index in [9.17, 15) is 18.0 Å². The molecule has 1 N–H and O–H groups in total. The van der Waals surface area contributed by atoms with Gasteiger partial charge in [-0.15, -0.1) is 0 Å². The van der Waals surface area contributed by atoms with Crippen LogP contribution in [-0.4, -0.2) is 50.5 Å². The van der Waals surface area contributed by atoms with Crippen LogP contribution in [0.5, 0.6) is 0 Å². The minimum Gasteiger partial charge on any atom is -0.354 e. The number of sulfonamides is 1. The Bertz CT molecular complexity index is 1040. The van der Waals surface area contributed by atoms with Crippen molar-refractivity contribution < 1.29 is 18.0 Å². The molecule has 0 aliphatic carbocycles. The third kappa shape index (κ3) is 8.65. The number of para-hydroxylation sites is 1. The number of anilines is 1. The number of nitrogens with zero attached hydrogens (tertiary/aromatic N) is 2. The van der Waals surface area contributed by atoms with E-state index in [1.165, 1.54) is 9.21 Å². The van der Waals surface area contributed by atoms with E-state index in [1.54, 1.807) is 43.3 Å². The van der Waals surface area contributed by atoms with Gasteiger partial charge in [-0.3, -0.25) is 13.9 Å². The molecule has 1 atom stereocenters. The molecule has 0 aromatic heterocycles. The Balaban J connectivity index is 2.13. The molecule has 2 aromatic rings. The number of hydrogen-bond acceptors (Lipinski definition) is 4. The second-order valence-electron chi connectivity index (χ2n) is 8.74. The molecule has 34 heavy (non-hydrogen) atoms. The van der Waals surface area contributed by atoms with Gasteiger partial charge in [0.2, 0.25) is 21.8 Å². The molecule has 0 spiro atoms. The zero-order chi connectivity index (χ0) is 25.3. The van der Waals surface area contributed by atoms with Crippen molar-refractivity contribution in [2.75, 3.05) is 23.7 Å². The summed E-state index contributed by atoms with van der Waals surface area (Å²) in [5.41, 5.74) is 1.40. The number of carbonyl (C=O) groups is 2. The first-order valence-electron chi connectivity index (χ1n) is 11.3. The van der Waals surface area contributed by atoms with E-state index in [0.717, 1.165) is 11.8 Å². The van der Waals surface area contributed by atoms with Crippen LogP contribution in [0.1, 0.15) is 39.2 Å². The fourth-order valence-electron chi connectivity index (χ4n) is 3.42. The van der Waals surface area contributed by atoms with Gasteiger partial charge in [0.15, 0.2) is 0 Å². The number of hydrogen-bond donors (Lipinski definition) is 1. The molecule has 186 valence electrons. The summed E-state index contributed by atoms with van der Waals surface area (Å²) in [6, 6.07) is 15.2. The molecule has 0 bridgehead atoms. The van der Waals surface area contributed by atoms with Gasteiger partial charge in [-0.1, -0.05) is 55.8 Å². The van der Waals surface area contributed by atoms with E-state index in [2.05, 4.69) is 5.32 Å². The number of nitrogens with one attached hydrogen (secondary N) is 1. The van der Waals surface area contributed by atoms with Gasteiger partial charge < -0.3 is 10.2 Å². The highest BCUT2D eigenvalue weighted by atomic mass is 35.5. The summed E-state index contributed by atoms with van der Waals surface area (Å²) < 4.78 is 25.9. The smallest absolute Gasteiger partial charge is 0.242 e. The summed E-state index contributed by atoms with van der Waals surface area (Å²) in [6.07, 6.45) is 1.57. The SMILES string of the molecule is CC(C)CNC(=O)[C@@H](C)N(Cc1ccc(Cl)cc1)C(=O)CCCN(c1ccccc1)S(C)(=O)=O. The average molecular weight is 508 g/mol. The maximum absolute atomic E-state index is 13.2. The molecule has 0 radical (unpaired) electrons. The number of benzene rings is 2. The second kappa shape index (κ2) is 12.8. The molecule has 0 saturated heterocycles. The highest BCUT2D eigenvalue weighted by Crippen LogP contribution is 2.19. The van der Waals surface area contributed by atoms with Crippen molar-refractivity contribution in [3.8, 4) is 0 Å². The van der Waals surface area contributed by atoms with Crippen LogP contribution in [0.25, 0.3) is 0 Å². The van der Waals surface area contributed by atoms with Crippen molar-refractivity contribution in [3.05, 3.63) is 65.2 Å². The Hall–Kier alpha value is -2.58. The van der Waals surface area contributed by atoms with Gasteiger partial charge >= 0.3 is 0 Å². The van der Waals surface area contributed by atoms with Crippen molar-refractivity contribution in [1.29, 1.82) is 0 Å². The van der Waals surface area contributed by atoms with E-state index in [4.69, 9.17) is 11.6 Å². The number of halogens is 1. The van der Waals surface area contributed by atoms with Crippen LogP contribution in [-0.2, 0) is 26.2 Å². The van der Waals surface area contributed by atoms with Crippen molar-refractivity contribution in [1.82, 2.24) is 10.2 Å². The minimum absolute atomic E-state index is 0.105. The summed E-state index contributed by atoms with van der Waals surface area (Å²) in [5, 5.41) is 3.48. The first-order chi connectivity index (χ1) is 16.0. The fraction of sp³-hybridized carbons (Fsp3) is 0.440. The Morgan fingerprint density at radius 3 is 2.18 bits per heavy atom. The minimum atomic E-state index is -3.50. The second-order valence-corrected chi connectivity index (χ2v) is 11.1. The third-order valence-corrected chi connectivity index (χ3v) is 6.76. The van der Waals surface area contributed by atoms with Crippen LogP contribution in [0, 0.1) is 5.92 Å². The van der Waals surface area contributed by atoms with E-state index in [0.29, 0.717) is 23.7 Å². The van der Waals surface area contributed by atoms with Gasteiger partial charge in [-0.25, -0.2) is 8.42 Å². The third-order valence-electron chi connectivity index (χ3n) is 5.31. The predicted octanol–water partition coefficient (Wildman–Crippen LogP) is 4.08. The molecule has 0 heterocycles. The van der Waals surface area contributed by atoms with Crippen LogP contribution < -0.4 is 9.62 Å². The number of amides is 2. The molecule has 2 rings (SSSR count). The van der Waals surface area contributed by atoms with Crippen LogP contribution in [0.4, 0.5) is 5.69 Å². The number of carbonyl (C=O) groups excluding carboxylic acids is 2. The molecule has 2 aromatic carbocycles. The van der Waals surface area contributed by atoms with Crippen molar-refractivity contribution in [3.63, 3.8) is 0 Å². The van der Waals surface area contributed by atoms with Gasteiger partial charge in [0.25, 0.3) is 0 Å². The molecule has 7 nitrogen and oxygen atoms in total. The normalized spacial score (nSPS) is 12.3. The molecule has 9 heteroatoms. The lowest BCUT2D eigenvalue weighted by Crippen LogP contribution is -2.48. The van der Waals surface area contributed by atoms with Gasteiger partial charge in [0.1, 0.15) is 6.04 Å². The largest absolute Gasteiger partial charge is 0.354 e. The Morgan fingerprint density at radius 2 is 1.62 bits per heavy atom. The molecule has 2 amide bonds. The molecular formula is C25H34ClN3O4S. The quantitative estimate of drug-likeness (QED) is 0.469. The lowest BCUT2D eigenvalue weighted by atomic mass is 10.1. The topological polar surface area (TPSA) is 86.8 Å². The monoisotopic (exact) mass is 507 g/mol. The van der Waals surface area contributed by atoms with E-state index in [1.807, 2.05) is 32.0 Å². The average Bonchev–Trinajstić information content (AvgIpc) is 2.79. The summed E-state index contributed by atoms with van der Waals surface area (Å²) in [6.45, 7) is 6.64. The Kier molecular flexibility index (Phi) is 10.4. The lowest BCUT2D eigenvalue weighted by molar-refractivity contribution is -0.140. The van der Waals surface area contributed by atoms with Crippen molar-refractivity contribution in [2.45, 2.75) is 46.2 Å². The first-order valence-corrected chi connectivity index (χ1v) is 13.6. The van der Waals surface area contributed by atoms with E-state index < -0.39 is 16.1 Å². The highest BCUT2D eigenvalue weighted by Gasteiger charge is 2.26. The molecule has 0 aliphatic rings. The molecule has 0 fully saturated rings. The fourth-order valence-corrected chi connectivity index (χ4v) is 4.51. The summed E-state index contributed by atoms with van der Waals surface area (Å²) in [4.78, 5) is 27.5. The van der Waals surface area contributed by atoms with Gasteiger partial charge in [0, 0.05) is 31.1 Å². The summed E-state index contributed by atoms with van der Waals surface area (Å²) in [5.74, 6) is -0.154. The van der Waals surface area contributed by atoms with Crippen LogP contribution in [0.15, 0.2) is 54.6 Å². The van der Waals surface area contributed by atoms with E-state index in [-0.39, 0.29) is 37.2 Å². The van der Waals surface area contributed by atoms with Crippen LogP contribution >= 0.6 is 11.6 Å². The zero-order valence-corrected chi connectivity index (χ0v) is 21.8. The molecule has 0 unspecified atom stereocenters. The van der Waals surface area contributed by atoms with Gasteiger partial charge in [0.05, 0.1) is 11.9 Å². The van der Waals surface area contributed by atoms with E-state index >= 15 is 0 Å².